The van der Waals surface area contributed by atoms with E-state index >= 15 is 0 Å². The number of ether oxygens (including phenoxy) is 3. The van der Waals surface area contributed by atoms with Crippen LogP contribution in [0.1, 0.15) is 0 Å². The summed E-state index contributed by atoms with van der Waals surface area (Å²) in [4.78, 5) is 12.0. The number of carbonyl (C=O) groups is 1. The Labute approximate surface area is 199 Å². The Hall–Kier alpha value is -3.56. The molecule has 4 aromatic rings. The van der Waals surface area contributed by atoms with Crippen LogP contribution in [0.25, 0.3) is 17.0 Å². The van der Waals surface area contributed by atoms with Gasteiger partial charge in [0.1, 0.15) is 18.1 Å². The summed E-state index contributed by atoms with van der Waals surface area (Å²) in [5, 5.41) is 16.3. The maximum absolute atomic E-state index is 12.0. The third-order valence-corrected chi connectivity index (χ3v) is 5.06. The molecule has 0 atom stereocenters. The summed E-state index contributed by atoms with van der Waals surface area (Å²) in [6.07, 6.45) is 0. The molecule has 11 heteroatoms. The van der Waals surface area contributed by atoms with Crippen molar-refractivity contribution in [3.8, 4) is 28.8 Å². The van der Waals surface area contributed by atoms with Crippen LogP contribution < -0.4 is 19.5 Å². The first kappa shape index (κ1) is 22.6. The van der Waals surface area contributed by atoms with Gasteiger partial charge >= 0.3 is 0 Å². The van der Waals surface area contributed by atoms with E-state index in [0.717, 1.165) is 11.3 Å². The molecule has 0 spiro atoms. The Morgan fingerprint density at radius 3 is 2.64 bits per heavy atom. The van der Waals surface area contributed by atoms with Crippen LogP contribution in [-0.2, 0) is 4.79 Å². The molecule has 2 aromatic heterocycles. The van der Waals surface area contributed by atoms with Crippen LogP contribution in [0.15, 0.2) is 54.6 Å². The monoisotopic (exact) mass is 487 g/mol. The highest BCUT2D eigenvalue weighted by Crippen LogP contribution is 2.27. The third-order valence-electron chi connectivity index (χ3n) is 4.51. The zero-order valence-electron chi connectivity index (χ0n) is 17.5. The first-order valence-corrected chi connectivity index (χ1v) is 10.6. The molecule has 0 unspecified atom stereocenters. The lowest BCUT2D eigenvalue weighted by Gasteiger charge is -2.10. The van der Waals surface area contributed by atoms with Crippen LogP contribution in [0, 0.1) is 0 Å². The summed E-state index contributed by atoms with van der Waals surface area (Å²) >= 11 is 11.9. The number of carbonyl (C=O) groups excluding carboxylic acids is 1. The number of hydrogen-bond acceptors (Lipinski definition) is 7. The highest BCUT2D eigenvalue weighted by molar-refractivity contribution is 6.34. The number of benzene rings is 2. The number of nitrogens with one attached hydrogen (secondary N) is 1. The summed E-state index contributed by atoms with van der Waals surface area (Å²) in [7, 11) is 1.61. The summed E-state index contributed by atoms with van der Waals surface area (Å²) in [6, 6.07) is 15.7. The predicted octanol–water partition coefficient (Wildman–Crippen LogP) is 3.68. The van der Waals surface area contributed by atoms with Crippen LogP contribution in [-0.4, -0.2) is 52.6 Å². The van der Waals surface area contributed by atoms with E-state index in [-0.39, 0.29) is 25.7 Å². The molecule has 4 rings (SSSR count). The number of aromatic nitrogens is 4. The summed E-state index contributed by atoms with van der Waals surface area (Å²) in [5.41, 5.74) is 1.42. The fraction of sp³-hybridized carbons (Fsp3) is 0.182. The molecule has 0 aliphatic heterocycles. The van der Waals surface area contributed by atoms with Crippen LogP contribution in [0.2, 0.25) is 10.0 Å². The van der Waals surface area contributed by atoms with Crippen molar-refractivity contribution < 1.29 is 19.0 Å². The Morgan fingerprint density at radius 2 is 1.85 bits per heavy atom. The maximum Gasteiger partial charge on any atom is 0.258 e. The number of nitrogens with zero attached hydrogens (tertiary/aromatic N) is 4. The van der Waals surface area contributed by atoms with E-state index in [1.54, 1.807) is 42.0 Å². The second kappa shape index (κ2) is 10.4. The molecule has 0 aliphatic rings. The molecule has 1 N–H and O–H groups in total. The molecule has 170 valence electrons. The predicted molar refractivity (Wildman–Crippen MR) is 123 cm³/mol. The van der Waals surface area contributed by atoms with E-state index in [1.165, 1.54) is 0 Å². The van der Waals surface area contributed by atoms with Gasteiger partial charge in [0.25, 0.3) is 5.91 Å². The fourth-order valence-corrected chi connectivity index (χ4v) is 3.23. The molecule has 2 aromatic carbocycles. The van der Waals surface area contributed by atoms with Crippen LogP contribution in [0.3, 0.4) is 0 Å². The molecular formula is C22H19Cl2N5O4. The number of methoxy groups -OCH3 is 1. The van der Waals surface area contributed by atoms with E-state index in [9.17, 15) is 4.79 Å². The topological polar surface area (TPSA) is 99.9 Å². The smallest absolute Gasteiger partial charge is 0.258 e. The van der Waals surface area contributed by atoms with Crippen molar-refractivity contribution in [2.24, 2.45) is 0 Å². The fourth-order valence-electron chi connectivity index (χ4n) is 2.90. The standard InChI is InChI=1S/C22H19Cl2N5O4/c1-31-16-5-2-14(3-6-16)22-27-26-19-8-9-21(28-29(19)22)32-11-10-25-20(30)13-33-18-12-15(23)4-7-17(18)24/h2-9,12H,10-11,13H2,1H3,(H,25,30). The number of amides is 1. The average molecular weight is 488 g/mol. The Bertz CT molecular complexity index is 1260. The summed E-state index contributed by atoms with van der Waals surface area (Å²) in [5.74, 6) is 1.71. The van der Waals surface area contributed by atoms with Gasteiger partial charge < -0.3 is 19.5 Å². The number of halogens is 2. The van der Waals surface area contributed by atoms with Crippen molar-refractivity contribution in [1.82, 2.24) is 25.1 Å². The Kier molecular flexibility index (Phi) is 7.11. The second-order valence-corrected chi connectivity index (χ2v) is 7.60. The molecule has 1 amide bonds. The van der Waals surface area contributed by atoms with E-state index < -0.39 is 0 Å². The lowest BCUT2D eigenvalue weighted by atomic mass is 10.2. The van der Waals surface area contributed by atoms with Gasteiger partial charge in [0, 0.05) is 22.7 Å². The molecule has 0 radical (unpaired) electrons. The van der Waals surface area contributed by atoms with E-state index in [4.69, 9.17) is 37.4 Å². The molecule has 0 fully saturated rings. The van der Waals surface area contributed by atoms with Crippen molar-refractivity contribution in [2.45, 2.75) is 0 Å². The van der Waals surface area contributed by atoms with Crippen molar-refractivity contribution in [2.75, 3.05) is 26.9 Å². The number of hydrogen-bond donors (Lipinski definition) is 1. The van der Waals surface area contributed by atoms with Crippen LogP contribution >= 0.6 is 23.2 Å². The average Bonchev–Trinajstić information content (AvgIpc) is 3.26. The van der Waals surface area contributed by atoms with Crippen LogP contribution in [0.5, 0.6) is 17.4 Å². The van der Waals surface area contributed by atoms with Crippen molar-refractivity contribution >= 4 is 34.8 Å². The molecule has 0 aliphatic carbocycles. The normalized spacial score (nSPS) is 10.8. The summed E-state index contributed by atoms with van der Waals surface area (Å²) in [6.45, 7) is 0.275. The minimum absolute atomic E-state index is 0.198. The van der Waals surface area contributed by atoms with E-state index in [2.05, 4.69) is 20.6 Å². The van der Waals surface area contributed by atoms with Gasteiger partial charge in [-0.05, 0) is 42.5 Å². The molecule has 9 nitrogen and oxygen atoms in total. The van der Waals surface area contributed by atoms with E-state index in [1.807, 2.05) is 24.3 Å². The Balaban J connectivity index is 1.30. The van der Waals surface area contributed by atoms with Gasteiger partial charge in [-0.1, -0.05) is 23.2 Å². The number of fused-ring (bicyclic) bond motifs is 1. The lowest BCUT2D eigenvalue weighted by Crippen LogP contribution is -2.32. The minimum Gasteiger partial charge on any atom is -0.497 e. The second-order valence-electron chi connectivity index (χ2n) is 6.76. The van der Waals surface area contributed by atoms with Crippen LogP contribution in [0.4, 0.5) is 0 Å². The SMILES string of the molecule is COc1ccc(-c2nnc3ccc(OCCNC(=O)COc4cc(Cl)ccc4Cl)nn23)cc1. The van der Waals surface area contributed by atoms with Crippen molar-refractivity contribution in [3.05, 3.63) is 64.6 Å². The zero-order chi connectivity index (χ0) is 23.2. The van der Waals surface area contributed by atoms with Crippen molar-refractivity contribution in [1.29, 1.82) is 0 Å². The third kappa shape index (κ3) is 5.63. The van der Waals surface area contributed by atoms with E-state index in [0.29, 0.717) is 33.1 Å². The first-order valence-electron chi connectivity index (χ1n) is 9.88. The minimum atomic E-state index is -0.321. The molecule has 2 heterocycles. The molecule has 0 saturated carbocycles. The van der Waals surface area contributed by atoms with Gasteiger partial charge in [-0.3, -0.25) is 4.79 Å². The summed E-state index contributed by atoms with van der Waals surface area (Å²) < 4.78 is 17.8. The van der Waals surface area contributed by atoms with Crippen molar-refractivity contribution in [3.63, 3.8) is 0 Å². The molecule has 33 heavy (non-hydrogen) atoms. The Morgan fingerprint density at radius 1 is 1.03 bits per heavy atom. The van der Waals surface area contributed by atoms with Gasteiger partial charge in [0.05, 0.1) is 18.7 Å². The van der Waals surface area contributed by atoms with Gasteiger partial charge in [-0.25, -0.2) is 0 Å². The highest BCUT2D eigenvalue weighted by atomic mass is 35.5. The molecule has 0 bridgehead atoms. The zero-order valence-corrected chi connectivity index (χ0v) is 19.0. The lowest BCUT2D eigenvalue weighted by molar-refractivity contribution is -0.123. The molecular weight excluding hydrogens is 469 g/mol. The van der Waals surface area contributed by atoms with Gasteiger partial charge in [-0.2, -0.15) is 4.52 Å². The first-order chi connectivity index (χ1) is 16.0. The largest absolute Gasteiger partial charge is 0.497 e. The van der Waals surface area contributed by atoms with Gasteiger partial charge in [0.2, 0.25) is 5.88 Å². The van der Waals surface area contributed by atoms with Gasteiger partial charge in [-0.15, -0.1) is 15.3 Å². The number of rotatable bonds is 9. The quantitative estimate of drug-likeness (QED) is 0.359. The molecule has 0 saturated heterocycles. The van der Waals surface area contributed by atoms with Gasteiger partial charge in [0.15, 0.2) is 18.1 Å². The highest BCUT2D eigenvalue weighted by Gasteiger charge is 2.11. The maximum atomic E-state index is 12.0.